The van der Waals surface area contributed by atoms with Gasteiger partial charge in [0.15, 0.2) is 11.6 Å². The lowest BCUT2D eigenvalue weighted by atomic mass is 10.0. The van der Waals surface area contributed by atoms with Gasteiger partial charge in [-0.1, -0.05) is 12.7 Å². The Hall–Kier alpha value is -1.18. The van der Waals surface area contributed by atoms with Crippen LogP contribution in [-0.4, -0.2) is 0 Å². The summed E-state index contributed by atoms with van der Waals surface area (Å²) >= 11 is 0. The van der Waals surface area contributed by atoms with Crippen molar-refractivity contribution in [2.45, 2.75) is 13.8 Å². The van der Waals surface area contributed by atoms with Crippen LogP contribution in [0.3, 0.4) is 0 Å². The predicted molar refractivity (Wildman–Crippen MR) is 45.9 cm³/mol. The van der Waals surface area contributed by atoms with Gasteiger partial charge in [0.25, 0.3) is 0 Å². The highest BCUT2D eigenvalue weighted by Crippen LogP contribution is 2.20. The fourth-order valence-corrected chi connectivity index (χ4v) is 1.08. The van der Waals surface area contributed by atoms with E-state index in [2.05, 4.69) is 6.58 Å². The predicted octanol–water partition coefficient (Wildman–Crippen LogP) is 3.22. The third-order valence-corrected chi connectivity index (χ3v) is 1.89. The van der Waals surface area contributed by atoms with E-state index in [1.54, 1.807) is 6.07 Å². The minimum Gasteiger partial charge on any atom is -0.203 e. The molecular weight excluding hydrogens is 158 g/mol. The Kier molecular flexibility index (Phi) is 2.27. The summed E-state index contributed by atoms with van der Waals surface area (Å²) in [6, 6.07) is 1.58. The molecular formula is C10H10F2. The van der Waals surface area contributed by atoms with Crippen molar-refractivity contribution in [2.24, 2.45) is 0 Å². The molecule has 0 fully saturated rings. The van der Waals surface area contributed by atoms with E-state index in [9.17, 15) is 8.78 Å². The topological polar surface area (TPSA) is 0 Å². The van der Waals surface area contributed by atoms with Crippen LogP contribution in [0.4, 0.5) is 8.78 Å². The van der Waals surface area contributed by atoms with Crippen LogP contribution in [0.2, 0.25) is 0 Å². The summed E-state index contributed by atoms with van der Waals surface area (Å²) in [6.07, 6.45) is 1.52. The van der Waals surface area contributed by atoms with Gasteiger partial charge < -0.3 is 0 Å². The summed E-state index contributed by atoms with van der Waals surface area (Å²) in [6.45, 7) is 6.58. The molecule has 2 heteroatoms. The summed E-state index contributed by atoms with van der Waals surface area (Å²) in [4.78, 5) is 0. The summed E-state index contributed by atoms with van der Waals surface area (Å²) < 4.78 is 25.9. The fraction of sp³-hybridized carbons (Fsp3) is 0.200. The van der Waals surface area contributed by atoms with Crippen molar-refractivity contribution in [3.8, 4) is 0 Å². The average Bonchev–Trinajstić information content (AvgIpc) is 2.08. The zero-order valence-electron chi connectivity index (χ0n) is 7.12. The summed E-state index contributed by atoms with van der Waals surface area (Å²) in [7, 11) is 0. The molecule has 0 aliphatic carbocycles. The monoisotopic (exact) mass is 168 g/mol. The molecule has 0 radical (unpaired) electrons. The zero-order chi connectivity index (χ0) is 9.30. The van der Waals surface area contributed by atoms with Crippen molar-refractivity contribution >= 4 is 6.08 Å². The second-order valence-corrected chi connectivity index (χ2v) is 2.74. The van der Waals surface area contributed by atoms with Crippen LogP contribution >= 0.6 is 0 Å². The molecule has 0 unspecified atom stereocenters. The maximum absolute atomic E-state index is 13.0. The van der Waals surface area contributed by atoms with Gasteiger partial charge in [-0.3, -0.25) is 0 Å². The van der Waals surface area contributed by atoms with Crippen molar-refractivity contribution in [3.63, 3.8) is 0 Å². The molecule has 1 rings (SSSR count). The quantitative estimate of drug-likeness (QED) is 0.604. The lowest BCUT2D eigenvalue weighted by Gasteiger charge is -2.05. The Morgan fingerprint density at radius 1 is 1.25 bits per heavy atom. The molecule has 0 bridgehead atoms. The molecule has 0 aliphatic rings. The van der Waals surface area contributed by atoms with Gasteiger partial charge in [-0.25, -0.2) is 8.78 Å². The second-order valence-electron chi connectivity index (χ2n) is 2.74. The Balaban J connectivity index is 3.49. The first-order valence-electron chi connectivity index (χ1n) is 3.65. The highest BCUT2D eigenvalue weighted by atomic mass is 19.2. The molecule has 0 amide bonds. The van der Waals surface area contributed by atoms with Crippen molar-refractivity contribution in [1.29, 1.82) is 0 Å². The van der Waals surface area contributed by atoms with Crippen LogP contribution in [0.1, 0.15) is 16.7 Å². The molecule has 0 saturated heterocycles. The minimum absolute atomic E-state index is 0.313. The second kappa shape index (κ2) is 3.05. The van der Waals surface area contributed by atoms with Gasteiger partial charge in [-0.15, -0.1) is 0 Å². The van der Waals surface area contributed by atoms with Gasteiger partial charge in [0.05, 0.1) is 0 Å². The van der Waals surface area contributed by atoms with E-state index in [4.69, 9.17) is 0 Å². The van der Waals surface area contributed by atoms with Crippen LogP contribution in [0.5, 0.6) is 0 Å². The van der Waals surface area contributed by atoms with Gasteiger partial charge in [0.1, 0.15) is 0 Å². The maximum atomic E-state index is 13.0. The van der Waals surface area contributed by atoms with E-state index in [0.717, 1.165) is 0 Å². The van der Waals surface area contributed by atoms with Crippen LogP contribution in [0, 0.1) is 25.5 Å². The third kappa shape index (κ3) is 1.24. The Morgan fingerprint density at radius 2 is 1.83 bits per heavy atom. The van der Waals surface area contributed by atoms with Crippen LogP contribution < -0.4 is 0 Å². The van der Waals surface area contributed by atoms with Crippen molar-refractivity contribution in [2.75, 3.05) is 0 Å². The first kappa shape index (κ1) is 8.91. The molecule has 0 saturated carbocycles. The summed E-state index contributed by atoms with van der Waals surface area (Å²) in [5.41, 5.74) is 1.27. The summed E-state index contributed by atoms with van der Waals surface area (Å²) in [5, 5.41) is 0. The van der Waals surface area contributed by atoms with Crippen molar-refractivity contribution in [1.82, 2.24) is 0 Å². The Bertz CT molecular complexity index is 327. The molecule has 1 aromatic carbocycles. The molecule has 64 valence electrons. The van der Waals surface area contributed by atoms with E-state index >= 15 is 0 Å². The standard InChI is InChI=1S/C10H10F2/c1-4-8-5-6(2)9(11)10(12)7(8)3/h4-5H,1H2,2-3H3. The number of hydrogen-bond donors (Lipinski definition) is 0. The first-order valence-corrected chi connectivity index (χ1v) is 3.65. The van der Waals surface area contributed by atoms with E-state index in [1.165, 1.54) is 19.9 Å². The minimum atomic E-state index is -0.773. The number of halogens is 2. The molecule has 0 aliphatic heterocycles. The van der Waals surface area contributed by atoms with Crippen LogP contribution in [0.25, 0.3) is 6.08 Å². The SMILES string of the molecule is C=Cc1cc(C)c(F)c(F)c1C. The first-order chi connectivity index (χ1) is 5.57. The number of hydrogen-bond acceptors (Lipinski definition) is 0. The lowest BCUT2D eigenvalue weighted by Crippen LogP contribution is -1.95. The Labute approximate surface area is 70.5 Å². The van der Waals surface area contributed by atoms with Gasteiger partial charge in [0.2, 0.25) is 0 Å². The number of benzene rings is 1. The van der Waals surface area contributed by atoms with Crippen LogP contribution in [-0.2, 0) is 0 Å². The molecule has 0 atom stereocenters. The van der Waals surface area contributed by atoms with E-state index < -0.39 is 11.6 Å². The molecule has 1 aromatic rings. The largest absolute Gasteiger partial charge is 0.203 e. The fourth-order valence-electron chi connectivity index (χ4n) is 1.08. The van der Waals surface area contributed by atoms with Gasteiger partial charge >= 0.3 is 0 Å². The smallest absolute Gasteiger partial charge is 0.162 e. The highest BCUT2D eigenvalue weighted by molar-refractivity contribution is 5.53. The van der Waals surface area contributed by atoms with E-state index in [-0.39, 0.29) is 0 Å². The molecule has 0 N–H and O–H groups in total. The van der Waals surface area contributed by atoms with Crippen molar-refractivity contribution < 1.29 is 8.78 Å². The molecule has 0 nitrogen and oxygen atoms in total. The van der Waals surface area contributed by atoms with E-state index in [1.807, 2.05) is 0 Å². The lowest BCUT2D eigenvalue weighted by molar-refractivity contribution is 0.497. The van der Waals surface area contributed by atoms with Gasteiger partial charge in [-0.2, -0.15) is 0 Å². The van der Waals surface area contributed by atoms with Crippen molar-refractivity contribution in [3.05, 3.63) is 41.0 Å². The third-order valence-electron chi connectivity index (χ3n) is 1.89. The zero-order valence-corrected chi connectivity index (χ0v) is 7.12. The number of rotatable bonds is 1. The normalized spacial score (nSPS) is 10.0. The van der Waals surface area contributed by atoms with Gasteiger partial charge in [0, 0.05) is 0 Å². The molecule has 0 heterocycles. The maximum Gasteiger partial charge on any atom is 0.162 e. The highest BCUT2D eigenvalue weighted by Gasteiger charge is 2.10. The Morgan fingerprint density at radius 3 is 2.33 bits per heavy atom. The molecule has 0 aromatic heterocycles. The van der Waals surface area contributed by atoms with Crippen LogP contribution in [0.15, 0.2) is 12.6 Å². The van der Waals surface area contributed by atoms with E-state index in [0.29, 0.717) is 16.7 Å². The average molecular weight is 168 g/mol. The summed E-state index contributed by atoms with van der Waals surface area (Å²) in [5.74, 6) is -1.54. The molecule has 0 spiro atoms. The number of aryl methyl sites for hydroxylation is 1. The van der Waals surface area contributed by atoms with Gasteiger partial charge in [-0.05, 0) is 36.6 Å². The molecule has 12 heavy (non-hydrogen) atoms.